The zero-order valence-corrected chi connectivity index (χ0v) is 55.5. The summed E-state index contributed by atoms with van der Waals surface area (Å²) in [7, 11) is 2.59. The molecule has 15 aromatic rings. The molecule has 554 valence electrons. The summed E-state index contributed by atoms with van der Waals surface area (Å²) in [5.74, 6) is -7.67. The standard InChI is InChI=1S/C17H14O8.C15H10O7.2C15H10O6.C15H10O5/c1-23-11-5-7(3-4-8(11)18)15-14(22)13(21)12-9(19)6-10(20)16(24-2)17(12)25-15;16-7-4-10(19)12-11(5-7)22-15(14(21)13(12)20)6-1-2-8(17)9(18)3-6;16-8-3-1-7(2-4-8)15-14(20)13(19)12-10(18)5-9(17)6-11(12)21-15;16-8-4-11(19)15-12(20)6-13(21-14(15)5-8)7-1-2-9(17)10(18)3-7;16-9-3-1-8(2-4-9)13-7-12(19)15-11(18)5-10(17)6-14(15)20-13/h3-6,18-20,22H,1-2H3;1-5,16-19,21H;1-6,16-18,20H;1-6,16-19H;1-7,16-18H. The highest BCUT2D eigenvalue weighted by atomic mass is 16.5. The van der Waals surface area contributed by atoms with Gasteiger partial charge in [-0.1, -0.05) is 0 Å². The first-order valence-electron chi connectivity index (χ1n) is 31.0. The van der Waals surface area contributed by atoms with Gasteiger partial charge in [0.15, 0.2) is 74.0 Å². The molecule has 0 aliphatic rings. The van der Waals surface area contributed by atoms with E-state index in [1.807, 2.05) is 0 Å². The molecule has 20 N–H and O–H groups in total. The summed E-state index contributed by atoms with van der Waals surface area (Å²) in [5.41, 5.74) is -2.11. The fourth-order valence-electron chi connectivity index (χ4n) is 10.8. The molecule has 5 aromatic heterocycles. The summed E-state index contributed by atoms with van der Waals surface area (Å²) in [4.78, 5) is 60.8. The number of benzene rings is 10. The summed E-state index contributed by atoms with van der Waals surface area (Å²) >= 11 is 0. The lowest BCUT2D eigenvalue weighted by Gasteiger charge is -2.12. The summed E-state index contributed by atoms with van der Waals surface area (Å²) < 4.78 is 37.3. The van der Waals surface area contributed by atoms with Gasteiger partial charge in [0.1, 0.15) is 124 Å². The van der Waals surface area contributed by atoms with E-state index in [-0.39, 0.29) is 175 Å². The maximum absolute atomic E-state index is 12.5. The van der Waals surface area contributed by atoms with Gasteiger partial charge in [-0.15, -0.1) is 0 Å². The Labute approximate surface area is 604 Å². The van der Waals surface area contributed by atoms with Gasteiger partial charge in [-0.25, -0.2) is 0 Å². The number of methoxy groups -OCH3 is 2. The molecule has 32 nitrogen and oxygen atoms in total. The highest BCUT2D eigenvalue weighted by molar-refractivity contribution is 5.94. The maximum atomic E-state index is 12.5. The average Bonchev–Trinajstić information content (AvgIpc) is 0.766. The third-order valence-electron chi connectivity index (χ3n) is 15.9. The molecule has 0 saturated carbocycles. The Bertz CT molecular complexity index is 6450. The van der Waals surface area contributed by atoms with Gasteiger partial charge < -0.3 is 134 Å². The van der Waals surface area contributed by atoms with Crippen molar-refractivity contribution in [2.75, 3.05) is 14.2 Å². The molecule has 0 radical (unpaired) electrons. The molecule has 109 heavy (non-hydrogen) atoms. The van der Waals surface area contributed by atoms with Crippen molar-refractivity contribution < 1.29 is 134 Å². The van der Waals surface area contributed by atoms with Gasteiger partial charge in [0, 0.05) is 94.5 Å². The molecule has 10 aromatic carbocycles. The zero-order chi connectivity index (χ0) is 78.9. The van der Waals surface area contributed by atoms with Crippen LogP contribution in [0.15, 0.2) is 216 Å². The third kappa shape index (κ3) is 14.9. The van der Waals surface area contributed by atoms with E-state index in [0.29, 0.717) is 16.7 Å². The van der Waals surface area contributed by atoms with Gasteiger partial charge >= 0.3 is 0 Å². The number of hydrogen-bond donors (Lipinski definition) is 20. The molecule has 0 amide bonds. The van der Waals surface area contributed by atoms with E-state index in [0.717, 1.165) is 54.6 Å². The van der Waals surface area contributed by atoms with Crippen LogP contribution in [0.4, 0.5) is 0 Å². The lowest BCUT2D eigenvalue weighted by Crippen LogP contribution is -2.04. The third-order valence-corrected chi connectivity index (χ3v) is 15.9. The van der Waals surface area contributed by atoms with Crippen LogP contribution in [0, 0.1) is 0 Å². The second-order valence-corrected chi connectivity index (χ2v) is 23.2. The fraction of sp³-hybridized carbons (Fsp3) is 0.0260. The molecule has 0 aliphatic heterocycles. The number of rotatable bonds is 7. The quantitative estimate of drug-likeness (QED) is 0.0659. The highest BCUT2D eigenvalue weighted by Gasteiger charge is 2.26. The van der Waals surface area contributed by atoms with Crippen LogP contribution in [0.3, 0.4) is 0 Å². The van der Waals surface area contributed by atoms with E-state index < -0.39 is 73.1 Å². The van der Waals surface area contributed by atoms with Crippen molar-refractivity contribution in [3.63, 3.8) is 0 Å². The Morgan fingerprint density at radius 2 is 0.587 bits per heavy atom. The van der Waals surface area contributed by atoms with E-state index in [2.05, 4.69) is 0 Å². The molecule has 0 aliphatic carbocycles. The van der Waals surface area contributed by atoms with Crippen molar-refractivity contribution in [1.29, 1.82) is 0 Å². The Kier molecular flexibility index (Phi) is 20.2. The minimum atomic E-state index is -0.904. The molecule has 15 rings (SSSR count). The molecular weight excluding hydrogens is 1440 g/mol. The van der Waals surface area contributed by atoms with Crippen molar-refractivity contribution in [3.05, 3.63) is 221 Å². The van der Waals surface area contributed by atoms with Crippen molar-refractivity contribution in [2.45, 2.75) is 0 Å². The molecule has 32 heteroatoms. The molecule has 5 heterocycles. The van der Waals surface area contributed by atoms with Crippen LogP contribution in [0.5, 0.6) is 126 Å². The Morgan fingerprint density at radius 3 is 1.02 bits per heavy atom. The van der Waals surface area contributed by atoms with Crippen LogP contribution in [0.1, 0.15) is 0 Å². The number of fused-ring (bicyclic) bond motifs is 5. The second-order valence-electron chi connectivity index (χ2n) is 23.2. The number of ether oxygens (including phenoxy) is 2. The summed E-state index contributed by atoms with van der Waals surface area (Å²) in [6, 6.07) is 35.5. The number of hydrogen-bond acceptors (Lipinski definition) is 32. The van der Waals surface area contributed by atoms with E-state index in [1.165, 1.54) is 117 Å². The van der Waals surface area contributed by atoms with E-state index in [9.17, 15) is 126 Å². The van der Waals surface area contributed by atoms with Crippen molar-refractivity contribution >= 4 is 54.8 Å². The van der Waals surface area contributed by atoms with E-state index >= 15 is 0 Å². The summed E-state index contributed by atoms with van der Waals surface area (Å²) in [5, 5.41) is 191. The summed E-state index contributed by atoms with van der Waals surface area (Å²) in [6.45, 7) is 0. The predicted octanol–water partition coefficient (Wildman–Crippen LogP) is 11.4. The van der Waals surface area contributed by atoms with Gasteiger partial charge in [0.2, 0.25) is 39.3 Å². The average molecular weight is 1490 g/mol. The van der Waals surface area contributed by atoms with Crippen LogP contribution >= 0.6 is 0 Å². The first-order chi connectivity index (χ1) is 51.7. The monoisotopic (exact) mass is 1490 g/mol. The number of phenols is 17. The molecular formula is C77H54O32. The minimum absolute atomic E-state index is 0.0163. The maximum Gasteiger partial charge on any atom is 0.238 e. The van der Waals surface area contributed by atoms with Crippen LogP contribution in [0.2, 0.25) is 0 Å². The van der Waals surface area contributed by atoms with Gasteiger partial charge in [-0.05, 0) is 103 Å². The lowest BCUT2D eigenvalue weighted by molar-refractivity contribution is 0.365. The van der Waals surface area contributed by atoms with Crippen LogP contribution < -0.4 is 36.6 Å². The Morgan fingerprint density at radius 1 is 0.248 bits per heavy atom. The van der Waals surface area contributed by atoms with Crippen molar-refractivity contribution in [2.24, 2.45) is 0 Å². The van der Waals surface area contributed by atoms with Crippen LogP contribution in [-0.4, -0.2) is 116 Å². The van der Waals surface area contributed by atoms with Gasteiger partial charge in [0.25, 0.3) is 0 Å². The first-order valence-corrected chi connectivity index (χ1v) is 31.0. The SMILES string of the molecule is COc1cc(-c2oc3c(OC)c(O)cc(O)c3c(=O)c2O)ccc1O.O=c1c(O)c(-c2ccc(O)c(O)c2)oc2cc(O)cc(O)c12.O=c1c(O)c(-c2ccc(O)cc2)oc2cc(O)cc(O)c12.O=c1cc(-c2ccc(O)c(O)c2)oc2cc(O)cc(O)c12.O=c1cc(-c2ccc(O)cc2)oc2cc(O)cc(O)c12. The highest BCUT2D eigenvalue weighted by Crippen LogP contribution is 2.45. The largest absolute Gasteiger partial charge is 0.508 e. The molecule has 0 spiro atoms. The molecule has 0 saturated heterocycles. The second kappa shape index (κ2) is 29.7. The predicted molar refractivity (Wildman–Crippen MR) is 386 cm³/mol. The smallest absolute Gasteiger partial charge is 0.238 e. The van der Waals surface area contributed by atoms with Gasteiger partial charge in [0.05, 0.1) is 14.2 Å². The zero-order valence-electron chi connectivity index (χ0n) is 55.5. The van der Waals surface area contributed by atoms with Gasteiger partial charge in [-0.2, -0.15) is 0 Å². The number of aromatic hydroxyl groups is 20. The minimum Gasteiger partial charge on any atom is -0.508 e. The van der Waals surface area contributed by atoms with Crippen LogP contribution in [-0.2, 0) is 0 Å². The molecule has 0 bridgehead atoms. The normalized spacial score (nSPS) is 10.8. The lowest BCUT2D eigenvalue weighted by atomic mass is 10.1. The molecule has 0 unspecified atom stereocenters. The Hall–Kier alpha value is -16.2. The van der Waals surface area contributed by atoms with E-state index in [1.54, 1.807) is 12.1 Å². The molecule has 0 atom stereocenters. The topological polar surface area (TPSA) is 574 Å². The Balaban J connectivity index is 0.000000136. The van der Waals surface area contributed by atoms with Crippen molar-refractivity contribution in [3.8, 4) is 183 Å². The number of phenolic OH excluding ortho intramolecular Hbond substituents is 17. The van der Waals surface area contributed by atoms with Crippen molar-refractivity contribution in [1.82, 2.24) is 0 Å². The fourth-order valence-corrected chi connectivity index (χ4v) is 10.8. The summed E-state index contributed by atoms with van der Waals surface area (Å²) in [6.07, 6.45) is 0. The first kappa shape index (κ1) is 74.1. The molecule has 0 fully saturated rings. The van der Waals surface area contributed by atoms with E-state index in [4.69, 9.17) is 31.6 Å². The van der Waals surface area contributed by atoms with Gasteiger partial charge in [-0.3, -0.25) is 24.0 Å². The van der Waals surface area contributed by atoms with Crippen LogP contribution in [0.25, 0.3) is 111 Å².